The Morgan fingerprint density at radius 3 is 2.76 bits per heavy atom. The molecule has 2 aromatic carbocycles. The van der Waals surface area contributed by atoms with Gasteiger partial charge in [-0.25, -0.2) is 0 Å². The van der Waals surface area contributed by atoms with Gasteiger partial charge in [-0.2, -0.15) is 0 Å². The van der Waals surface area contributed by atoms with E-state index in [4.69, 9.17) is 11.6 Å². The number of anilines is 2. The minimum absolute atomic E-state index is 0.0126. The van der Waals surface area contributed by atoms with Crippen molar-refractivity contribution in [1.82, 2.24) is 4.98 Å². The molecule has 124 valence electrons. The number of amides is 1. The molecule has 1 aliphatic rings. The number of nitrogens with zero attached hydrogens (tertiary/aromatic N) is 2. The topological polar surface area (TPSA) is 45.2 Å². The van der Waals surface area contributed by atoms with Crippen molar-refractivity contribution in [3.63, 3.8) is 0 Å². The van der Waals surface area contributed by atoms with E-state index in [1.807, 2.05) is 54.6 Å². The zero-order valence-electron chi connectivity index (χ0n) is 13.4. The highest BCUT2D eigenvalue weighted by Crippen LogP contribution is 2.33. The Morgan fingerprint density at radius 2 is 1.96 bits per heavy atom. The van der Waals surface area contributed by atoms with E-state index in [9.17, 15) is 4.79 Å². The van der Waals surface area contributed by atoms with Gasteiger partial charge in [0, 0.05) is 22.6 Å². The Morgan fingerprint density at radius 1 is 1.08 bits per heavy atom. The van der Waals surface area contributed by atoms with Crippen LogP contribution >= 0.6 is 11.6 Å². The van der Waals surface area contributed by atoms with Crippen LogP contribution in [0.15, 0.2) is 66.9 Å². The Balaban J connectivity index is 1.61. The number of aromatic nitrogens is 1. The lowest BCUT2D eigenvalue weighted by molar-refractivity contribution is 0.0997. The third-order valence-electron chi connectivity index (χ3n) is 4.24. The number of halogens is 1. The molecule has 3 aromatic rings. The van der Waals surface area contributed by atoms with Crippen LogP contribution in [0.4, 0.5) is 11.4 Å². The van der Waals surface area contributed by atoms with Crippen molar-refractivity contribution < 1.29 is 4.79 Å². The molecule has 1 aliphatic heterocycles. The first-order valence-electron chi connectivity index (χ1n) is 8.05. The zero-order valence-corrected chi connectivity index (χ0v) is 14.2. The molecule has 0 radical (unpaired) electrons. The molecule has 4 rings (SSSR count). The van der Waals surface area contributed by atoms with Crippen molar-refractivity contribution >= 4 is 28.9 Å². The predicted octanol–water partition coefficient (Wildman–Crippen LogP) is 4.51. The maximum absolute atomic E-state index is 13.0. The average Bonchev–Trinajstić information content (AvgIpc) is 2.98. The summed E-state index contributed by atoms with van der Waals surface area (Å²) in [7, 11) is 0. The molecule has 4 nitrogen and oxygen atoms in total. The normalized spacial score (nSPS) is 13.0. The highest BCUT2D eigenvalue weighted by molar-refractivity contribution is 6.31. The first kappa shape index (κ1) is 15.7. The minimum atomic E-state index is -0.0126. The molecule has 0 spiro atoms. The summed E-state index contributed by atoms with van der Waals surface area (Å²) in [5.41, 5.74) is 4.30. The lowest BCUT2D eigenvalue weighted by Gasteiger charge is -2.16. The molecule has 1 amide bonds. The molecule has 1 aromatic heterocycles. The summed E-state index contributed by atoms with van der Waals surface area (Å²) in [4.78, 5) is 19.0. The number of nitrogens with one attached hydrogen (secondary N) is 1. The summed E-state index contributed by atoms with van der Waals surface area (Å²) in [6.07, 6.45) is 1.76. The molecule has 0 bridgehead atoms. The van der Waals surface area contributed by atoms with Gasteiger partial charge in [-0.3, -0.25) is 9.78 Å². The van der Waals surface area contributed by atoms with Crippen molar-refractivity contribution in [2.45, 2.75) is 13.1 Å². The number of carbonyl (C=O) groups excluding carboxylic acids is 1. The third kappa shape index (κ3) is 3.08. The molecule has 2 heterocycles. The van der Waals surface area contributed by atoms with Gasteiger partial charge in [-0.15, -0.1) is 0 Å². The number of pyridine rings is 1. The van der Waals surface area contributed by atoms with Crippen LogP contribution in [0.2, 0.25) is 5.02 Å². The molecular formula is C20H16ClN3O. The molecule has 25 heavy (non-hydrogen) atoms. The maximum Gasteiger partial charge on any atom is 0.261 e. The number of hydrogen-bond acceptors (Lipinski definition) is 3. The number of benzene rings is 2. The Kier molecular flexibility index (Phi) is 4.12. The van der Waals surface area contributed by atoms with E-state index < -0.39 is 0 Å². The second-order valence-electron chi connectivity index (χ2n) is 5.89. The van der Waals surface area contributed by atoms with Crippen molar-refractivity contribution in [3.05, 3.63) is 88.7 Å². The van der Waals surface area contributed by atoms with Crippen molar-refractivity contribution in [2.24, 2.45) is 0 Å². The highest BCUT2D eigenvalue weighted by Gasteiger charge is 2.30. The lowest BCUT2D eigenvalue weighted by atomic mass is 10.1. The van der Waals surface area contributed by atoms with Crippen molar-refractivity contribution in [1.29, 1.82) is 0 Å². The first-order valence-corrected chi connectivity index (χ1v) is 8.43. The molecule has 5 heteroatoms. The molecule has 0 atom stereocenters. The van der Waals surface area contributed by atoms with Crippen molar-refractivity contribution in [2.75, 3.05) is 10.2 Å². The number of hydrogen-bond donors (Lipinski definition) is 1. The molecule has 0 saturated heterocycles. The summed E-state index contributed by atoms with van der Waals surface area (Å²) in [6.45, 7) is 1.12. The van der Waals surface area contributed by atoms with Crippen LogP contribution in [0.1, 0.15) is 21.6 Å². The average molecular weight is 350 g/mol. The summed E-state index contributed by atoms with van der Waals surface area (Å²) >= 11 is 6.07. The predicted molar refractivity (Wildman–Crippen MR) is 100.0 cm³/mol. The molecule has 0 aliphatic carbocycles. The first-order chi connectivity index (χ1) is 12.2. The molecule has 1 N–H and O–H groups in total. The fourth-order valence-corrected chi connectivity index (χ4v) is 3.23. The van der Waals surface area contributed by atoms with Crippen LogP contribution in [0, 0.1) is 0 Å². The summed E-state index contributed by atoms with van der Waals surface area (Å²) in [5, 5.41) is 3.96. The second-order valence-corrected chi connectivity index (χ2v) is 6.32. The molecule has 0 unspecified atom stereocenters. The number of carbonyl (C=O) groups is 1. The van der Waals surface area contributed by atoms with E-state index in [2.05, 4.69) is 10.3 Å². The van der Waals surface area contributed by atoms with Gasteiger partial charge in [0.2, 0.25) is 0 Å². The van der Waals surface area contributed by atoms with Crippen LogP contribution in [0.3, 0.4) is 0 Å². The van der Waals surface area contributed by atoms with Gasteiger partial charge in [0.15, 0.2) is 0 Å². The molecular weight excluding hydrogens is 334 g/mol. The summed E-state index contributed by atoms with van der Waals surface area (Å²) in [5.74, 6) is -0.0126. The molecule has 0 saturated carbocycles. The van der Waals surface area contributed by atoms with Crippen molar-refractivity contribution in [3.8, 4) is 0 Å². The van der Waals surface area contributed by atoms with E-state index in [0.29, 0.717) is 18.1 Å². The standard InChI is InChI=1S/C20H16ClN3O/c21-15-6-4-8-17(11-15)24-13-14-5-3-9-18(19(14)20(24)25)23-12-16-7-1-2-10-22-16/h1-11,23H,12-13H2. The number of fused-ring (bicyclic) bond motifs is 1. The maximum atomic E-state index is 13.0. The van der Waals surface area contributed by atoms with Crippen LogP contribution in [0.25, 0.3) is 0 Å². The van der Waals surface area contributed by atoms with E-state index in [-0.39, 0.29) is 5.91 Å². The monoisotopic (exact) mass is 349 g/mol. The summed E-state index contributed by atoms with van der Waals surface area (Å²) < 4.78 is 0. The van der Waals surface area contributed by atoms with E-state index >= 15 is 0 Å². The van der Waals surface area contributed by atoms with Gasteiger partial charge in [0.1, 0.15) is 0 Å². The van der Waals surface area contributed by atoms with E-state index in [1.165, 1.54) is 0 Å². The fraction of sp³-hybridized carbons (Fsp3) is 0.100. The SMILES string of the molecule is O=C1c2c(cccc2NCc2ccccn2)CN1c1cccc(Cl)c1. The second kappa shape index (κ2) is 6.57. The zero-order chi connectivity index (χ0) is 17.2. The van der Waals surface area contributed by atoms with Crippen LogP contribution in [-0.4, -0.2) is 10.9 Å². The van der Waals surface area contributed by atoms with E-state index in [1.54, 1.807) is 17.2 Å². The van der Waals surface area contributed by atoms with Gasteiger partial charge >= 0.3 is 0 Å². The Bertz CT molecular complexity index is 927. The van der Waals surface area contributed by atoms with Crippen LogP contribution in [-0.2, 0) is 13.1 Å². The smallest absolute Gasteiger partial charge is 0.261 e. The van der Waals surface area contributed by atoms with Gasteiger partial charge in [0.05, 0.1) is 24.3 Å². The largest absolute Gasteiger partial charge is 0.379 e. The Hall–Kier alpha value is -2.85. The highest BCUT2D eigenvalue weighted by atomic mass is 35.5. The van der Waals surface area contributed by atoms with E-state index in [0.717, 1.165) is 28.2 Å². The third-order valence-corrected chi connectivity index (χ3v) is 4.48. The minimum Gasteiger partial charge on any atom is -0.379 e. The lowest BCUT2D eigenvalue weighted by Crippen LogP contribution is -2.23. The summed E-state index contributed by atoms with van der Waals surface area (Å²) in [6, 6.07) is 19.0. The van der Waals surface area contributed by atoms with Gasteiger partial charge < -0.3 is 10.2 Å². The van der Waals surface area contributed by atoms with Gasteiger partial charge in [-0.1, -0.05) is 35.9 Å². The fourth-order valence-electron chi connectivity index (χ4n) is 3.05. The van der Waals surface area contributed by atoms with Gasteiger partial charge in [-0.05, 0) is 42.0 Å². The van der Waals surface area contributed by atoms with Crippen LogP contribution < -0.4 is 10.2 Å². The van der Waals surface area contributed by atoms with Gasteiger partial charge in [0.25, 0.3) is 5.91 Å². The quantitative estimate of drug-likeness (QED) is 0.753. The molecule has 0 fully saturated rings. The number of rotatable bonds is 4. The van der Waals surface area contributed by atoms with Crippen LogP contribution in [0.5, 0.6) is 0 Å². The Labute approximate surface area is 151 Å².